The Morgan fingerprint density at radius 3 is 2.23 bits per heavy atom. The van der Waals surface area contributed by atoms with Gasteiger partial charge in [0.1, 0.15) is 11.5 Å². The van der Waals surface area contributed by atoms with Crippen LogP contribution >= 0.6 is 38.7 Å². The average Bonchev–Trinajstić information content (AvgIpc) is 2.60. The topological polar surface area (TPSA) is 27.7 Å². The van der Waals surface area contributed by atoms with Gasteiger partial charge in [-0.25, -0.2) is 0 Å². The molecule has 0 amide bonds. The summed E-state index contributed by atoms with van der Waals surface area (Å²) in [4.78, 5) is 0. The normalized spacial score (nSPS) is 10.5. The number of benzene rings is 3. The summed E-state index contributed by atoms with van der Waals surface area (Å²) in [5.41, 5.74) is 1.60. The van der Waals surface area contributed by atoms with Gasteiger partial charge in [-0.1, -0.05) is 30.3 Å². The molecule has 6 heteroatoms. The highest BCUT2D eigenvalue weighted by Gasteiger charge is 2.15. The van der Waals surface area contributed by atoms with Crippen LogP contribution in [0.15, 0.2) is 54.6 Å². The van der Waals surface area contributed by atoms with Gasteiger partial charge >= 0.3 is 0 Å². The number of thiol groups is 3. The van der Waals surface area contributed by atoms with Gasteiger partial charge in [0.05, 0.1) is 0 Å². The molecule has 0 bridgehead atoms. The lowest BCUT2D eigenvalue weighted by Crippen LogP contribution is -1.90. The van der Waals surface area contributed by atoms with E-state index in [2.05, 4.69) is 38.7 Å². The zero-order valence-electron chi connectivity index (χ0n) is 11.3. The van der Waals surface area contributed by atoms with Gasteiger partial charge in [0, 0.05) is 55.2 Å². The first kappa shape index (κ1) is 15.3. The Bertz CT molecular complexity index is 821. The molecule has 22 heavy (non-hydrogen) atoms. The maximum Gasteiger partial charge on any atom is 0.152 e. The van der Waals surface area contributed by atoms with Crippen LogP contribution < -0.4 is 12.5 Å². The van der Waals surface area contributed by atoms with Crippen LogP contribution in [0, 0.1) is 0 Å². The zero-order chi connectivity index (χ0) is 15.5. The second-order valence-electron chi connectivity index (χ2n) is 4.60. The minimum atomic E-state index is 0.583. The van der Waals surface area contributed by atoms with Gasteiger partial charge in [-0.2, -0.15) is 0 Å². The second kappa shape index (κ2) is 6.64. The Kier molecular flexibility index (Phi) is 4.61. The van der Waals surface area contributed by atoms with E-state index in [0.29, 0.717) is 17.2 Å². The van der Waals surface area contributed by atoms with Crippen LogP contribution in [0.25, 0.3) is 21.9 Å². The molecule has 0 N–H and O–H groups in total. The number of hydrogen-bond acceptors (Lipinski definition) is 6. The van der Waals surface area contributed by atoms with Gasteiger partial charge in [0.25, 0.3) is 0 Å². The zero-order valence-corrected chi connectivity index (χ0v) is 13.9. The molecular weight excluding hydrogens is 336 g/mol. The minimum absolute atomic E-state index is 0.583. The van der Waals surface area contributed by atoms with E-state index in [9.17, 15) is 0 Å². The van der Waals surface area contributed by atoms with E-state index < -0.39 is 0 Å². The van der Waals surface area contributed by atoms with Crippen LogP contribution in [-0.4, -0.2) is 0 Å². The van der Waals surface area contributed by atoms with Gasteiger partial charge in [0.2, 0.25) is 0 Å². The molecule has 112 valence electrons. The van der Waals surface area contributed by atoms with Crippen molar-refractivity contribution >= 4 is 49.5 Å². The van der Waals surface area contributed by atoms with Gasteiger partial charge in [-0.3, -0.25) is 0 Å². The third-order valence-electron chi connectivity index (χ3n) is 3.42. The van der Waals surface area contributed by atoms with E-state index in [1.807, 2.05) is 36.4 Å². The highest BCUT2D eigenvalue weighted by atomic mass is 32.1. The van der Waals surface area contributed by atoms with Gasteiger partial charge < -0.3 is 12.5 Å². The van der Waals surface area contributed by atoms with Crippen LogP contribution in [0.4, 0.5) is 0 Å². The SMILES string of the molecule is SOc1ccc(OS)c(-c2ccc3ccccc3c2OS)c1. The lowest BCUT2D eigenvalue weighted by Gasteiger charge is -2.14. The lowest BCUT2D eigenvalue weighted by atomic mass is 9.99. The van der Waals surface area contributed by atoms with E-state index in [1.165, 1.54) is 0 Å². The quantitative estimate of drug-likeness (QED) is 0.448. The maximum atomic E-state index is 5.34. The highest BCUT2D eigenvalue weighted by Crippen LogP contribution is 2.43. The Morgan fingerprint density at radius 2 is 1.50 bits per heavy atom. The molecule has 0 fully saturated rings. The predicted octanol–water partition coefficient (Wildman–Crippen LogP) is 5.18. The summed E-state index contributed by atoms with van der Waals surface area (Å²) in [5.74, 6) is 1.81. The fourth-order valence-electron chi connectivity index (χ4n) is 2.41. The van der Waals surface area contributed by atoms with Crippen molar-refractivity contribution in [2.45, 2.75) is 0 Å². The van der Waals surface area contributed by atoms with Crippen molar-refractivity contribution in [2.75, 3.05) is 0 Å². The van der Waals surface area contributed by atoms with Gasteiger partial charge in [-0.05, 0) is 29.7 Å². The molecule has 0 saturated heterocycles. The summed E-state index contributed by atoms with van der Waals surface area (Å²) in [6.45, 7) is 0. The van der Waals surface area contributed by atoms with E-state index in [0.717, 1.165) is 21.9 Å². The fourth-order valence-corrected chi connectivity index (χ4v) is 2.88. The first-order valence-corrected chi connectivity index (χ1v) is 7.48. The van der Waals surface area contributed by atoms with E-state index >= 15 is 0 Å². The molecule has 0 aliphatic heterocycles. The maximum absolute atomic E-state index is 5.34. The Hall–Kier alpha value is -1.63. The highest BCUT2D eigenvalue weighted by molar-refractivity contribution is 7.75. The van der Waals surface area contributed by atoms with Crippen molar-refractivity contribution in [3.63, 3.8) is 0 Å². The molecule has 3 rings (SSSR count). The van der Waals surface area contributed by atoms with Crippen LogP contribution in [0.1, 0.15) is 0 Å². The number of fused-ring (bicyclic) bond motifs is 1. The standard InChI is InChI=1S/C16H12O3S3/c20-17-11-6-8-15(18-21)14(9-11)13-7-5-10-3-1-2-4-12(10)16(13)19-22/h1-9,20-22H. The van der Waals surface area contributed by atoms with Crippen LogP contribution in [-0.2, 0) is 0 Å². The fraction of sp³-hybridized carbons (Fsp3) is 0. The summed E-state index contributed by atoms with van der Waals surface area (Å²) < 4.78 is 15.5. The molecule has 3 aromatic carbocycles. The van der Waals surface area contributed by atoms with Crippen molar-refractivity contribution in [2.24, 2.45) is 0 Å². The smallest absolute Gasteiger partial charge is 0.152 e. The molecular formula is C16H12O3S3. The van der Waals surface area contributed by atoms with Crippen LogP contribution in [0.2, 0.25) is 0 Å². The molecule has 3 nitrogen and oxygen atoms in total. The van der Waals surface area contributed by atoms with Crippen molar-refractivity contribution in [3.05, 3.63) is 54.6 Å². The molecule has 0 heterocycles. The average molecular weight is 348 g/mol. The third-order valence-corrected chi connectivity index (χ3v) is 4.01. The van der Waals surface area contributed by atoms with Crippen LogP contribution in [0.5, 0.6) is 17.2 Å². The molecule has 0 aromatic heterocycles. The second-order valence-corrected chi connectivity index (χ2v) is 5.14. The molecule has 3 aromatic rings. The molecule has 0 saturated carbocycles. The van der Waals surface area contributed by atoms with Crippen LogP contribution in [0.3, 0.4) is 0 Å². The molecule has 0 radical (unpaired) electrons. The van der Waals surface area contributed by atoms with Crippen molar-refractivity contribution in [1.29, 1.82) is 0 Å². The van der Waals surface area contributed by atoms with Crippen molar-refractivity contribution in [3.8, 4) is 28.4 Å². The predicted molar refractivity (Wildman–Crippen MR) is 98.2 cm³/mol. The molecule has 0 spiro atoms. The molecule has 0 unspecified atom stereocenters. The largest absolute Gasteiger partial charge is 0.429 e. The number of rotatable bonds is 4. The number of hydrogen-bond donors (Lipinski definition) is 3. The third kappa shape index (κ3) is 2.69. The first-order chi connectivity index (χ1) is 10.8. The van der Waals surface area contributed by atoms with E-state index in [-0.39, 0.29) is 0 Å². The Balaban J connectivity index is 2.30. The van der Waals surface area contributed by atoms with Crippen molar-refractivity contribution < 1.29 is 12.5 Å². The summed E-state index contributed by atoms with van der Waals surface area (Å²) in [6.07, 6.45) is 0. The first-order valence-electron chi connectivity index (χ1n) is 6.39. The minimum Gasteiger partial charge on any atom is -0.429 e. The molecule has 0 aliphatic rings. The Labute approximate surface area is 145 Å². The van der Waals surface area contributed by atoms with Gasteiger partial charge in [0.15, 0.2) is 5.75 Å². The van der Waals surface area contributed by atoms with Gasteiger partial charge in [-0.15, -0.1) is 0 Å². The lowest BCUT2D eigenvalue weighted by molar-refractivity contribution is 0.639. The summed E-state index contributed by atoms with van der Waals surface area (Å²) in [7, 11) is 0. The summed E-state index contributed by atoms with van der Waals surface area (Å²) >= 11 is 11.8. The Morgan fingerprint density at radius 1 is 0.682 bits per heavy atom. The monoisotopic (exact) mass is 348 g/mol. The summed E-state index contributed by atoms with van der Waals surface area (Å²) in [6, 6.07) is 17.2. The van der Waals surface area contributed by atoms with E-state index in [4.69, 9.17) is 12.5 Å². The molecule has 0 aliphatic carbocycles. The van der Waals surface area contributed by atoms with E-state index in [1.54, 1.807) is 18.2 Å². The van der Waals surface area contributed by atoms with Crippen molar-refractivity contribution in [1.82, 2.24) is 0 Å². The summed E-state index contributed by atoms with van der Waals surface area (Å²) in [5, 5.41) is 2.02. The molecule has 0 atom stereocenters.